The Balaban J connectivity index is 2.18. The van der Waals surface area contributed by atoms with Crippen molar-refractivity contribution in [2.75, 3.05) is 18.6 Å². The Morgan fingerprint density at radius 2 is 2.25 bits per heavy atom. The molecule has 1 atom stereocenters. The molecule has 0 bridgehead atoms. The lowest BCUT2D eigenvalue weighted by Gasteiger charge is -2.14. The molecule has 1 amide bonds. The van der Waals surface area contributed by atoms with Crippen molar-refractivity contribution in [3.63, 3.8) is 0 Å². The maximum atomic E-state index is 11.6. The number of anilines is 1. The molecule has 0 aromatic carbocycles. The molecule has 1 saturated heterocycles. The second-order valence-corrected chi connectivity index (χ2v) is 3.50. The number of amides is 1. The number of rotatable bonds is 2. The summed E-state index contributed by atoms with van der Waals surface area (Å²) in [5.41, 5.74) is 0.656. The van der Waals surface area contributed by atoms with Crippen molar-refractivity contribution in [1.82, 2.24) is 9.97 Å². The van der Waals surface area contributed by atoms with Crippen LogP contribution in [0.25, 0.3) is 0 Å². The van der Waals surface area contributed by atoms with Crippen LogP contribution in [0.4, 0.5) is 5.69 Å². The number of carbonyl (C=O) groups excluding carboxylic acids is 1. The van der Waals surface area contributed by atoms with Crippen molar-refractivity contribution in [2.24, 2.45) is 5.92 Å². The van der Waals surface area contributed by atoms with Gasteiger partial charge in [0.25, 0.3) is 0 Å². The number of carbonyl (C=O) groups is 1. The van der Waals surface area contributed by atoms with Gasteiger partial charge in [0.05, 0.1) is 25.2 Å². The molecule has 5 nitrogen and oxygen atoms in total. The smallest absolute Gasteiger partial charge is 0.316 e. The number of nitrogens with zero attached hydrogens (tertiary/aromatic N) is 3. The number of methoxy groups -OCH3 is 1. The Morgan fingerprint density at radius 3 is 2.75 bits per heavy atom. The van der Waals surface area contributed by atoms with E-state index in [1.807, 2.05) is 0 Å². The van der Waals surface area contributed by atoms with E-state index in [4.69, 9.17) is 11.2 Å². The fraction of sp³-hybridized carbons (Fsp3) is 0.364. The van der Waals surface area contributed by atoms with E-state index in [1.165, 1.54) is 7.11 Å². The summed E-state index contributed by atoms with van der Waals surface area (Å²) in [6.07, 6.45) is 8.81. The van der Waals surface area contributed by atoms with Crippen LogP contribution in [0.1, 0.15) is 6.42 Å². The molecular formula is C11H11N3O2. The average molecular weight is 217 g/mol. The summed E-state index contributed by atoms with van der Waals surface area (Å²) in [7, 11) is 1.49. The van der Waals surface area contributed by atoms with Gasteiger partial charge in [-0.15, -0.1) is 12.3 Å². The zero-order valence-electron chi connectivity index (χ0n) is 8.88. The normalized spacial score (nSPS) is 19.6. The van der Waals surface area contributed by atoms with Crippen molar-refractivity contribution < 1.29 is 9.53 Å². The van der Waals surface area contributed by atoms with Gasteiger partial charge in [-0.25, -0.2) is 9.97 Å². The van der Waals surface area contributed by atoms with Gasteiger partial charge in [0.1, 0.15) is 0 Å². The van der Waals surface area contributed by atoms with E-state index in [0.717, 1.165) is 0 Å². The maximum Gasteiger partial charge on any atom is 0.316 e. The van der Waals surface area contributed by atoms with Crippen LogP contribution in [0.2, 0.25) is 0 Å². The van der Waals surface area contributed by atoms with Gasteiger partial charge in [0, 0.05) is 18.9 Å². The molecule has 1 unspecified atom stereocenters. The Hall–Kier alpha value is -2.09. The largest absolute Gasteiger partial charge is 0.467 e. The second-order valence-electron chi connectivity index (χ2n) is 3.50. The first-order chi connectivity index (χ1) is 7.74. The number of aromatic nitrogens is 2. The summed E-state index contributed by atoms with van der Waals surface area (Å²) in [5.74, 6) is 2.58. The van der Waals surface area contributed by atoms with Crippen molar-refractivity contribution >= 4 is 11.6 Å². The van der Waals surface area contributed by atoms with Gasteiger partial charge in [0.2, 0.25) is 5.91 Å². The first-order valence-corrected chi connectivity index (χ1v) is 4.87. The van der Waals surface area contributed by atoms with Crippen LogP contribution in [0.15, 0.2) is 12.4 Å². The summed E-state index contributed by atoms with van der Waals surface area (Å²) in [4.78, 5) is 21.1. The highest BCUT2D eigenvalue weighted by atomic mass is 16.5. The fourth-order valence-corrected chi connectivity index (χ4v) is 1.62. The summed E-state index contributed by atoms with van der Waals surface area (Å²) < 4.78 is 4.84. The van der Waals surface area contributed by atoms with Gasteiger partial charge in [0.15, 0.2) is 0 Å². The molecule has 0 saturated carbocycles. The first-order valence-electron chi connectivity index (χ1n) is 4.87. The van der Waals surface area contributed by atoms with Crippen LogP contribution in [0.5, 0.6) is 6.01 Å². The van der Waals surface area contributed by atoms with Crippen LogP contribution >= 0.6 is 0 Å². The van der Waals surface area contributed by atoms with Crippen molar-refractivity contribution in [1.29, 1.82) is 0 Å². The van der Waals surface area contributed by atoms with E-state index in [2.05, 4.69) is 15.9 Å². The van der Waals surface area contributed by atoms with E-state index in [1.54, 1.807) is 17.3 Å². The zero-order valence-corrected chi connectivity index (χ0v) is 8.88. The highest BCUT2D eigenvalue weighted by Gasteiger charge is 2.29. The minimum atomic E-state index is -0.0189. The van der Waals surface area contributed by atoms with Crippen molar-refractivity contribution in [2.45, 2.75) is 6.42 Å². The van der Waals surface area contributed by atoms with E-state index >= 15 is 0 Å². The number of hydrogen-bond acceptors (Lipinski definition) is 4. The van der Waals surface area contributed by atoms with E-state index < -0.39 is 0 Å². The molecule has 1 aromatic rings. The maximum absolute atomic E-state index is 11.6. The second kappa shape index (κ2) is 4.19. The van der Waals surface area contributed by atoms with Crippen LogP contribution in [0, 0.1) is 18.3 Å². The summed E-state index contributed by atoms with van der Waals surface area (Å²) in [5, 5.41) is 0. The highest BCUT2D eigenvalue weighted by molar-refractivity contribution is 5.95. The Labute approximate surface area is 93.5 Å². The quantitative estimate of drug-likeness (QED) is 0.676. The SMILES string of the molecule is C#CC1CC(=O)N(c2cnc(OC)nc2)C1. The van der Waals surface area contributed by atoms with Gasteiger partial charge in [-0.1, -0.05) is 0 Å². The summed E-state index contributed by atoms with van der Waals surface area (Å²) >= 11 is 0. The molecule has 5 heteroatoms. The standard InChI is InChI=1S/C11H11N3O2/c1-3-8-4-10(15)14(7-8)9-5-12-11(16-2)13-6-9/h1,5-6,8H,4,7H2,2H3. The molecule has 0 N–H and O–H groups in total. The van der Waals surface area contributed by atoms with Gasteiger partial charge >= 0.3 is 6.01 Å². The lowest BCUT2D eigenvalue weighted by Crippen LogP contribution is -2.24. The molecule has 1 aliphatic rings. The van der Waals surface area contributed by atoms with E-state index in [9.17, 15) is 4.79 Å². The third-order valence-corrected chi connectivity index (χ3v) is 2.47. The molecule has 1 aliphatic heterocycles. The molecular weight excluding hydrogens is 206 g/mol. The number of hydrogen-bond donors (Lipinski definition) is 0. The van der Waals surface area contributed by atoms with Crippen LogP contribution in [-0.2, 0) is 4.79 Å². The monoisotopic (exact) mass is 217 g/mol. The molecule has 1 fully saturated rings. The highest BCUT2D eigenvalue weighted by Crippen LogP contribution is 2.23. The van der Waals surface area contributed by atoms with Crippen LogP contribution in [-0.4, -0.2) is 29.5 Å². The first kappa shape index (κ1) is 10.4. The van der Waals surface area contributed by atoms with E-state index in [0.29, 0.717) is 18.7 Å². The molecule has 0 aliphatic carbocycles. The minimum Gasteiger partial charge on any atom is -0.467 e. The van der Waals surface area contributed by atoms with Gasteiger partial charge < -0.3 is 9.64 Å². The molecule has 82 valence electrons. The Kier molecular flexibility index (Phi) is 2.73. The van der Waals surface area contributed by atoms with Crippen LogP contribution in [0.3, 0.4) is 0 Å². The van der Waals surface area contributed by atoms with Gasteiger partial charge in [-0.05, 0) is 0 Å². The predicted octanol–water partition coefficient (Wildman–Crippen LogP) is 0.471. The average Bonchev–Trinajstić information content (AvgIpc) is 2.71. The summed E-state index contributed by atoms with van der Waals surface area (Å²) in [6.45, 7) is 0.533. The molecule has 2 heterocycles. The van der Waals surface area contributed by atoms with Crippen molar-refractivity contribution in [3.8, 4) is 18.4 Å². The summed E-state index contributed by atoms with van der Waals surface area (Å²) in [6, 6.07) is 0.281. The molecule has 0 spiro atoms. The van der Waals surface area contributed by atoms with Gasteiger partial charge in [-0.3, -0.25) is 4.79 Å². The molecule has 16 heavy (non-hydrogen) atoms. The Morgan fingerprint density at radius 1 is 1.56 bits per heavy atom. The van der Waals surface area contributed by atoms with E-state index in [-0.39, 0.29) is 17.8 Å². The molecule has 0 radical (unpaired) electrons. The molecule has 2 rings (SSSR count). The lowest BCUT2D eigenvalue weighted by atomic mass is 10.1. The van der Waals surface area contributed by atoms with Crippen molar-refractivity contribution in [3.05, 3.63) is 12.4 Å². The third kappa shape index (κ3) is 1.82. The zero-order chi connectivity index (χ0) is 11.5. The number of ether oxygens (including phenoxy) is 1. The topological polar surface area (TPSA) is 55.3 Å². The van der Waals surface area contributed by atoms with Gasteiger partial charge in [-0.2, -0.15) is 0 Å². The lowest BCUT2D eigenvalue weighted by molar-refractivity contribution is -0.117. The predicted molar refractivity (Wildman–Crippen MR) is 57.9 cm³/mol. The Bertz CT molecular complexity index is 436. The van der Waals surface area contributed by atoms with Crippen LogP contribution < -0.4 is 9.64 Å². The number of terminal acetylenes is 1. The fourth-order valence-electron chi connectivity index (χ4n) is 1.62. The molecule has 1 aromatic heterocycles. The third-order valence-electron chi connectivity index (χ3n) is 2.47. The minimum absolute atomic E-state index is 0.0108.